The lowest BCUT2D eigenvalue weighted by atomic mass is 10.1. The van der Waals surface area contributed by atoms with Crippen LogP contribution in [0.25, 0.3) is 10.9 Å². The van der Waals surface area contributed by atoms with Crippen molar-refractivity contribution in [2.24, 2.45) is 0 Å². The highest BCUT2D eigenvalue weighted by Gasteiger charge is 2.10. The number of fused-ring (bicyclic) bond motifs is 1. The number of amides is 1. The first kappa shape index (κ1) is 22.0. The second-order valence-corrected chi connectivity index (χ2v) is 8.13. The molecule has 3 aromatic carbocycles. The summed E-state index contributed by atoms with van der Waals surface area (Å²) in [5.41, 5.74) is 6.06. The summed E-state index contributed by atoms with van der Waals surface area (Å²) < 4.78 is 13.8. The molecule has 0 bridgehead atoms. The van der Waals surface area contributed by atoms with Gasteiger partial charge in [-0.25, -0.2) is 4.39 Å². The highest BCUT2D eigenvalue weighted by Crippen LogP contribution is 2.27. The lowest BCUT2D eigenvalue weighted by Crippen LogP contribution is -2.12. The van der Waals surface area contributed by atoms with Crippen LogP contribution < -0.4 is 16.0 Å². The van der Waals surface area contributed by atoms with Crippen molar-refractivity contribution >= 4 is 45.2 Å². The molecule has 5 rings (SSSR count). The SMILES string of the molecule is Cc1cc(Nc2ccnc3ccc(F)cc23)cc(C(=O)Nc2ccc(Nc3ccncc3)cc2)c1. The third-order valence-electron chi connectivity index (χ3n) is 5.43. The van der Waals surface area contributed by atoms with Crippen LogP contribution in [0.2, 0.25) is 0 Å². The average molecular weight is 464 g/mol. The van der Waals surface area contributed by atoms with Crippen LogP contribution in [-0.2, 0) is 0 Å². The monoisotopic (exact) mass is 463 g/mol. The standard InChI is InChI=1S/C28H22FN5O/c1-18-14-19(16-24(15-18)33-27-10-13-31-26-7-2-20(29)17-25(26)27)28(35)34-22-5-3-21(4-6-22)32-23-8-11-30-12-9-23/h2-17H,1H3,(H,30,32)(H,31,33)(H,34,35). The van der Waals surface area contributed by atoms with E-state index in [0.29, 0.717) is 27.8 Å². The molecule has 5 aromatic rings. The maximum Gasteiger partial charge on any atom is 0.255 e. The van der Waals surface area contributed by atoms with E-state index in [-0.39, 0.29) is 11.7 Å². The van der Waals surface area contributed by atoms with Gasteiger partial charge in [0.05, 0.1) is 5.52 Å². The van der Waals surface area contributed by atoms with Crippen molar-refractivity contribution in [3.05, 3.63) is 114 Å². The van der Waals surface area contributed by atoms with Crippen LogP contribution in [0, 0.1) is 12.7 Å². The number of aryl methyl sites for hydroxylation is 1. The van der Waals surface area contributed by atoms with Gasteiger partial charge in [-0.05, 0) is 91.3 Å². The van der Waals surface area contributed by atoms with E-state index in [2.05, 4.69) is 25.9 Å². The van der Waals surface area contributed by atoms with E-state index < -0.39 is 0 Å². The fourth-order valence-corrected chi connectivity index (χ4v) is 3.81. The van der Waals surface area contributed by atoms with E-state index in [1.54, 1.807) is 36.8 Å². The second kappa shape index (κ2) is 9.61. The number of carbonyl (C=O) groups is 1. The van der Waals surface area contributed by atoms with Crippen LogP contribution in [-0.4, -0.2) is 15.9 Å². The molecule has 6 nitrogen and oxygen atoms in total. The van der Waals surface area contributed by atoms with Gasteiger partial charge in [-0.3, -0.25) is 14.8 Å². The summed E-state index contributed by atoms with van der Waals surface area (Å²) in [5, 5.41) is 10.2. The first-order chi connectivity index (χ1) is 17.0. The number of nitrogens with zero attached hydrogens (tertiary/aromatic N) is 2. The third-order valence-corrected chi connectivity index (χ3v) is 5.43. The number of pyridine rings is 2. The Bertz CT molecular complexity index is 1500. The number of hydrogen-bond donors (Lipinski definition) is 3. The molecule has 0 spiro atoms. The van der Waals surface area contributed by atoms with E-state index in [1.807, 2.05) is 55.5 Å². The minimum atomic E-state index is -0.333. The Kier molecular flexibility index (Phi) is 6.05. The van der Waals surface area contributed by atoms with Crippen LogP contribution in [0.5, 0.6) is 0 Å². The predicted molar refractivity (Wildman–Crippen MR) is 138 cm³/mol. The number of nitrogens with one attached hydrogen (secondary N) is 3. The molecule has 2 heterocycles. The van der Waals surface area contributed by atoms with Crippen molar-refractivity contribution in [3.8, 4) is 0 Å². The van der Waals surface area contributed by atoms with Gasteiger partial charge in [-0.1, -0.05) is 0 Å². The lowest BCUT2D eigenvalue weighted by Gasteiger charge is -2.13. The summed E-state index contributed by atoms with van der Waals surface area (Å²) in [6, 6.07) is 23.0. The largest absolute Gasteiger partial charge is 0.355 e. The number of rotatable bonds is 6. The second-order valence-electron chi connectivity index (χ2n) is 8.13. The Morgan fingerprint density at radius 1 is 0.743 bits per heavy atom. The van der Waals surface area contributed by atoms with Crippen LogP contribution in [0.3, 0.4) is 0 Å². The first-order valence-electron chi connectivity index (χ1n) is 11.0. The summed E-state index contributed by atoms with van der Waals surface area (Å²) in [6.45, 7) is 1.92. The fourth-order valence-electron chi connectivity index (χ4n) is 3.81. The summed E-state index contributed by atoms with van der Waals surface area (Å²) in [4.78, 5) is 21.3. The highest BCUT2D eigenvalue weighted by molar-refractivity contribution is 6.05. The van der Waals surface area contributed by atoms with E-state index >= 15 is 0 Å². The number of anilines is 5. The van der Waals surface area contributed by atoms with Gasteiger partial charge in [0.1, 0.15) is 5.82 Å². The van der Waals surface area contributed by atoms with Crippen LogP contribution >= 0.6 is 0 Å². The first-order valence-corrected chi connectivity index (χ1v) is 11.0. The fraction of sp³-hybridized carbons (Fsp3) is 0.0357. The Hall–Kier alpha value is -4.78. The summed E-state index contributed by atoms with van der Waals surface area (Å²) in [6.07, 6.45) is 5.11. The number of hydrogen-bond acceptors (Lipinski definition) is 5. The van der Waals surface area contributed by atoms with Gasteiger partial charge in [-0.2, -0.15) is 0 Å². The van der Waals surface area contributed by atoms with Gasteiger partial charge < -0.3 is 16.0 Å². The molecule has 35 heavy (non-hydrogen) atoms. The van der Waals surface area contributed by atoms with Gasteiger partial charge in [0.25, 0.3) is 5.91 Å². The van der Waals surface area contributed by atoms with Crippen molar-refractivity contribution < 1.29 is 9.18 Å². The zero-order chi connectivity index (χ0) is 24.2. The maximum atomic E-state index is 13.8. The molecule has 0 aliphatic heterocycles. The van der Waals surface area contributed by atoms with Gasteiger partial charge in [0, 0.05) is 58.0 Å². The molecule has 7 heteroatoms. The van der Waals surface area contributed by atoms with Crippen LogP contribution in [0.1, 0.15) is 15.9 Å². The molecule has 0 aliphatic rings. The minimum absolute atomic E-state index is 0.225. The molecular weight excluding hydrogens is 441 g/mol. The van der Waals surface area contributed by atoms with E-state index in [4.69, 9.17) is 0 Å². The van der Waals surface area contributed by atoms with Gasteiger partial charge in [0.2, 0.25) is 0 Å². The van der Waals surface area contributed by atoms with E-state index in [1.165, 1.54) is 12.1 Å². The Morgan fingerprint density at radius 3 is 2.29 bits per heavy atom. The molecule has 0 unspecified atom stereocenters. The summed E-state index contributed by atoms with van der Waals surface area (Å²) >= 11 is 0. The summed E-state index contributed by atoms with van der Waals surface area (Å²) in [7, 11) is 0. The number of benzene rings is 3. The molecule has 0 fully saturated rings. The van der Waals surface area contributed by atoms with Crippen molar-refractivity contribution in [1.29, 1.82) is 0 Å². The van der Waals surface area contributed by atoms with E-state index in [9.17, 15) is 9.18 Å². The van der Waals surface area contributed by atoms with E-state index in [0.717, 1.165) is 22.6 Å². The zero-order valence-corrected chi connectivity index (χ0v) is 18.9. The molecule has 0 atom stereocenters. The topological polar surface area (TPSA) is 78.9 Å². The predicted octanol–water partition coefficient (Wildman–Crippen LogP) is 6.82. The number of halogens is 1. The van der Waals surface area contributed by atoms with Gasteiger partial charge >= 0.3 is 0 Å². The molecule has 1 amide bonds. The Balaban J connectivity index is 1.32. The Labute approximate surface area is 201 Å². The molecule has 0 saturated carbocycles. The van der Waals surface area contributed by atoms with Gasteiger partial charge in [-0.15, -0.1) is 0 Å². The minimum Gasteiger partial charge on any atom is -0.355 e. The zero-order valence-electron chi connectivity index (χ0n) is 18.9. The number of aromatic nitrogens is 2. The maximum absolute atomic E-state index is 13.8. The molecule has 0 radical (unpaired) electrons. The average Bonchev–Trinajstić information content (AvgIpc) is 2.86. The van der Waals surface area contributed by atoms with Crippen molar-refractivity contribution in [3.63, 3.8) is 0 Å². The lowest BCUT2D eigenvalue weighted by molar-refractivity contribution is 0.102. The molecule has 0 saturated heterocycles. The highest BCUT2D eigenvalue weighted by atomic mass is 19.1. The quantitative estimate of drug-likeness (QED) is 0.258. The van der Waals surface area contributed by atoms with Gasteiger partial charge in [0.15, 0.2) is 0 Å². The van der Waals surface area contributed by atoms with Crippen molar-refractivity contribution in [2.75, 3.05) is 16.0 Å². The van der Waals surface area contributed by atoms with Crippen LogP contribution in [0.15, 0.2) is 97.5 Å². The normalized spacial score (nSPS) is 10.7. The molecule has 3 N–H and O–H groups in total. The number of carbonyl (C=O) groups excluding carboxylic acids is 1. The molecule has 0 aliphatic carbocycles. The van der Waals surface area contributed by atoms with Crippen molar-refractivity contribution in [2.45, 2.75) is 6.92 Å². The molecular formula is C28H22FN5O. The van der Waals surface area contributed by atoms with Crippen molar-refractivity contribution in [1.82, 2.24) is 9.97 Å². The van der Waals surface area contributed by atoms with Crippen LogP contribution in [0.4, 0.5) is 32.8 Å². The smallest absolute Gasteiger partial charge is 0.255 e. The summed E-state index contributed by atoms with van der Waals surface area (Å²) in [5.74, 6) is -0.558. The molecule has 172 valence electrons. The Morgan fingerprint density at radius 2 is 1.49 bits per heavy atom. The third kappa shape index (κ3) is 5.25. The molecule has 2 aromatic heterocycles.